The second-order valence-electron chi connectivity index (χ2n) is 3.51. The van der Waals surface area contributed by atoms with E-state index in [-0.39, 0.29) is 10.1 Å². The molecule has 0 unspecified atom stereocenters. The van der Waals surface area contributed by atoms with Gasteiger partial charge in [0.25, 0.3) is 0 Å². The molecule has 0 N–H and O–H groups in total. The summed E-state index contributed by atoms with van der Waals surface area (Å²) in [6.45, 7) is 1.76. The van der Waals surface area contributed by atoms with Crippen LogP contribution >= 0.6 is 11.8 Å². The lowest BCUT2D eigenvalue weighted by atomic mass is 10.5. The van der Waals surface area contributed by atoms with Crippen LogP contribution in [0.15, 0.2) is 28.3 Å². The van der Waals surface area contributed by atoms with Gasteiger partial charge in [-0.3, -0.25) is 0 Å². The molecule has 1 heterocycles. The molecule has 1 aromatic heterocycles. The second kappa shape index (κ2) is 5.49. The number of pyridine rings is 1. The molecule has 0 aromatic carbocycles. The van der Waals surface area contributed by atoms with Gasteiger partial charge in [-0.25, -0.2) is 17.7 Å². The molecule has 0 aliphatic rings. The smallest absolute Gasteiger partial charge is 0.244 e. The molecule has 0 amide bonds. The van der Waals surface area contributed by atoms with Crippen LogP contribution in [0.25, 0.3) is 0 Å². The third-order valence-electron chi connectivity index (χ3n) is 1.97. The lowest BCUT2D eigenvalue weighted by molar-refractivity contribution is 0.520. The van der Waals surface area contributed by atoms with Crippen LogP contribution in [0.1, 0.15) is 6.92 Å². The van der Waals surface area contributed by atoms with Crippen LogP contribution in [-0.2, 0) is 10.0 Å². The van der Waals surface area contributed by atoms with Gasteiger partial charge in [0.2, 0.25) is 10.0 Å². The van der Waals surface area contributed by atoms with Crippen LogP contribution in [0.5, 0.6) is 0 Å². The fourth-order valence-electron chi connectivity index (χ4n) is 1.01. The Morgan fingerprint density at radius 3 is 2.53 bits per heavy atom. The molecule has 92 valence electrons. The number of hydrogen-bond acceptors (Lipinski definition) is 5. The van der Waals surface area contributed by atoms with Crippen molar-refractivity contribution < 1.29 is 8.42 Å². The molecule has 0 bridgehead atoms. The van der Waals surface area contributed by atoms with Gasteiger partial charge < -0.3 is 0 Å². The Hall–Kier alpha value is -1.10. The molecule has 1 atom stereocenters. The summed E-state index contributed by atoms with van der Waals surface area (Å²) in [6, 6.07) is 5.17. The molecule has 0 spiro atoms. The van der Waals surface area contributed by atoms with Gasteiger partial charge in [-0.05, 0) is 19.1 Å². The van der Waals surface area contributed by atoms with Crippen LogP contribution in [0.4, 0.5) is 0 Å². The zero-order valence-electron chi connectivity index (χ0n) is 9.78. The Kier molecular flexibility index (Phi) is 4.51. The van der Waals surface area contributed by atoms with E-state index < -0.39 is 10.0 Å². The van der Waals surface area contributed by atoms with Gasteiger partial charge in [0.15, 0.2) is 0 Å². The number of nitrogens with zero attached hydrogens (tertiary/aromatic N) is 3. The SMILES string of the molecule is C[C@H](C#N)Sc1ccc(S(=O)(=O)N(C)C)cn1. The van der Waals surface area contributed by atoms with E-state index >= 15 is 0 Å². The minimum absolute atomic E-state index is 0.150. The van der Waals surface area contributed by atoms with Crippen molar-refractivity contribution in [3.8, 4) is 6.07 Å². The predicted molar refractivity (Wildman–Crippen MR) is 66.0 cm³/mol. The second-order valence-corrected chi connectivity index (χ2v) is 7.02. The Morgan fingerprint density at radius 1 is 1.47 bits per heavy atom. The monoisotopic (exact) mass is 271 g/mol. The Balaban J connectivity index is 2.94. The van der Waals surface area contributed by atoms with Gasteiger partial charge in [0.1, 0.15) is 4.90 Å². The highest BCUT2D eigenvalue weighted by molar-refractivity contribution is 8.00. The average Bonchev–Trinajstić information content (AvgIpc) is 2.29. The number of nitriles is 1. The van der Waals surface area contributed by atoms with E-state index in [1.54, 1.807) is 13.0 Å². The summed E-state index contributed by atoms with van der Waals surface area (Å²) in [5.41, 5.74) is 0. The largest absolute Gasteiger partial charge is 0.249 e. The highest BCUT2D eigenvalue weighted by Gasteiger charge is 2.17. The molecular formula is C10H13N3O2S2. The van der Waals surface area contributed by atoms with E-state index in [9.17, 15) is 8.42 Å². The Bertz CT molecular complexity index is 517. The highest BCUT2D eigenvalue weighted by Crippen LogP contribution is 2.22. The van der Waals surface area contributed by atoms with Crippen LogP contribution < -0.4 is 0 Å². The quantitative estimate of drug-likeness (QED) is 0.772. The molecular weight excluding hydrogens is 258 g/mol. The van der Waals surface area contributed by atoms with Gasteiger partial charge in [-0.1, -0.05) is 11.8 Å². The normalized spacial score (nSPS) is 13.4. The van der Waals surface area contributed by atoms with E-state index in [1.165, 1.54) is 38.1 Å². The topological polar surface area (TPSA) is 74.1 Å². The molecule has 0 fully saturated rings. The maximum atomic E-state index is 11.7. The summed E-state index contributed by atoms with van der Waals surface area (Å²) in [4.78, 5) is 4.17. The summed E-state index contributed by atoms with van der Waals surface area (Å²) in [5.74, 6) is 0. The zero-order chi connectivity index (χ0) is 13.1. The summed E-state index contributed by atoms with van der Waals surface area (Å²) in [7, 11) is -0.495. The van der Waals surface area contributed by atoms with Crippen molar-refractivity contribution in [2.75, 3.05) is 14.1 Å². The number of hydrogen-bond donors (Lipinski definition) is 0. The summed E-state index contributed by atoms with van der Waals surface area (Å²) in [6.07, 6.45) is 1.31. The number of sulfonamides is 1. The van der Waals surface area contributed by atoms with Crippen LogP contribution in [0, 0.1) is 11.3 Å². The van der Waals surface area contributed by atoms with Gasteiger partial charge in [0, 0.05) is 20.3 Å². The summed E-state index contributed by atoms with van der Waals surface area (Å²) >= 11 is 1.29. The molecule has 17 heavy (non-hydrogen) atoms. The van der Waals surface area contributed by atoms with Crippen LogP contribution in [-0.4, -0.2) is 37.1 Å². The maximum Gasteiger partial charge on any atom is 0.244 e. The first kappa shape index (κ1) is 14.0. The highest BCUT2D eigenvalue weighted by atomic mass is 32.2. The lowest BCUT2D eigenvalue weighted by Crippen LogP contribution is -2.22. The maximum absolute atomic E-state index is 11.7. The van der Waals surface area contributed by atoms with Crippen LogP contribution in [0.3, 0.4) is 0 Å². The molecule has 0 saturated carbocycles. The molecule has 1 rings (SSSR count). The predicted octanol–water partition coefficient (Wildman–Crippen LogP) is 1.34. The Morgan fingerprint density at radius 2 is 2.12 bits per heavy atom. The van der Waals surface area contributed by atoms with Gasteiger partial charge in [-0.15, -0.1) is 0 Å². The molecule has 5 nitrogen and oxygen atoms in total. The van der Waals surface area contributed by atoms with Gasteiger partial charge >= 0.3 is 0 Å². The van der Waals surface area contributed by atoms with Gasteiger partial charge in [0.05, 0.1) is 16.3 Å². The molecule has 0 aliphatic heterocycles. The van der Waals surface area contributed by atoms with Crippen molar-refractivity contribution in [1.82, 2.24) is 9.29 Å². The lowest BCUT2D eigenvalue weighted by Gasteiger charge is -2.11. The average molecular weight is 271 g/mol. The van der Waals surface area contributed by atoms with E-state index in [4.69, 9.17) is 5.26 Å². The third kappa shape index (κ3) is 3.43. The van der Waals surface area contributed by atoms with E-state index in [1.807, 2.05) is 0 Å². The van der Waals surface area contributed by atoms with E-state index in [0.717, 1.165) is 4.31 Å². The van der Waals surface area contributed by atoms with E-state index in [0.29, 0.717) is 5.03 Å². The number of rotatable bonds is 4. The number of aromatic nitrogens is 1. The van der Waals surface area contributed by atoms with Crippen LogP contribution in [0.2, 0.25) is 0 Å². The molecule has 0 aliphatic carbocycles. The molecule has 0 radical (unpaired) electrons. The molecule has 0 saturated heterocycles. The van der Waals surface area contributed by atoms with Crippen molar-refractivity contribution >= 4 is 21.8 Å². The van der Waals surface area contributed by atoms with E-state index in [2.05, 4.69) is 11.1 Å². The Labute approximate surface area is 106 Å². The standard InChI is InChI=1S/C10H13N3O2S2/c1-8(6-11)16-10-5-4-9(7-12-10)17(14,15)13(2)3/h4-5,7-8H,1-3H3/t8-/m1/s1. The van der Waals surface area contributed by atoms with Crippen molar-refractivity contribution in [3.63, 3.8) is 0 Å². The molecule has 1 aromatic rings. The van der Waals surface area contributed by atoms with Crippen molar-refractivity contribution in [2.45, 2.75) is 22.1 Å². The fourth-order valence-corrected chi connectivity index (χ4v) is 2.53. The third-order valence-corrected chi connectivity index (χ3v) is 4.71. The summed E-state index contributed by atoms with van der Waals surface area (Å²) in [5, 5.41) is 9.08. The van der Waals surface area contributed by atoms with Crippen molar-refractivity contribution in [3.05, 3.63) is 18.3 Å². The fraction of sp³-hybridized carbons (Fsp3) is 0.400. The van der Waals surface area contributed by atoms with Gasteiger partial charge in [-0.2, -0.15) is 5.26 Å². The first-order chi connectivity index (χ1) is 7.87. The molecule has 7 heteroatoms. The zero-order valence-corrected chi connectivity index (χ0v) is 11.4. The first-order valence-electron chi connectivity index (χ1n) is 4.83. The first-order valence-corrected chi connectivity index (χ1v) is 7.14. The van der Waals surface area contributed by atoms with Crippen molar-refractivity contribution in [2.24, 2.45) is 0 Å². The summed E-state index contributed by atoms with van der Waals surface area (Å²) < 4.78 is 24.6. The minimum atomic E-state index is -3.43. The van der Waals surface area contributed by atoms with Crippen molar-refractivity contribution in [1.29, 1.82) is 5.26 Å². The number of thioether (sulfide) groups is 1. The minimum Gasteiger partial charge on any atom is -0.249 e.